The number of carbonyl (C=O) groups excluding carboxylic acids is 2. The molecule has 0 aliphatic carbocycles. The average Bonchev–Trinajstić information content (AvgIpc) is 2.94. The maximum absolute atomic E-state index is 12.5. The van der Waals surface area contributed by atoms with Crippen molar-refractivity contribution in [3.8, 4) is 0 Å². The molecule has 2 rings (SSSR count). The summed E-state index contributed by atoms with van der Waals surface area (Å²) in [6.45, 7) is 3.71. The fourth-order valence-electron chi connectivity index (χ4n) is 1.80. The maximum Gasteiger partial charge on any atom is 0.257 e. The minimum Gasteiger partial charge on any atom is -0.369 e. The number of thiazole rings is 1. The molecule has 0 aliphatic heterocycles. The minimum atomic E-state index is -0.407. The van der Waals surface area contributed by atoms with Gasteiger partial charge < -0.3 is 11.1 Å². The summed E-state index contributed by atoms with van der Waals surface area (Å²) in [4.78, 5) is 28.7. The zero-order chi connectivity index (χ0) is 16.1. The molecule has 0 radical (unpaired) electrons. The Morgan fingerprint density at radius 2 is 2.14 bits per heavy atom. The van der Waals surface area contributed by atoms with Crippen LogP contribution in [0, 0.1) is 0 Å². The fourth-order valence-corrected chi connectivity index (χ4v) is 3.51. The van der Waals surface area contributed by atoms with Crippen LogP contribution in [-0.2, 0) is 11.2 Å². The van der Waals surface area contributed by atoms with Gasteiger partial charge in [0.25, 0.3) is 5.91 Å². The van der Waals surface area contributed by atoms with E-state index in [9.17, 15) is 9.59 Å². The normalized spacial score (nSPS) is 11.9. The van der Waals surface area contributed by atoms with Gasteiger partial charge in [-0.1, -0.05) is 19.1 Å². The third kappa shape index (κ3) is 3.86. The number of benzene rings is 1. The predicted octanol–water partition coefficient (Wildman–Crippen LogP) is 2.92. The van der Waals surface area contributed by atoms with Crippen molar-refractivity contribution in [3.63, 3.8) is 0 Å². The molecule has 0 fully saturated rings. The fraction of sp³-hybridized carbons (Fsp3) is 0.267. The quantitative estimate of drug-likeness (QED) is 0.795. The van der Waals surface area contributed by atoms with Gasteiger partial charge in [-0.25, -0.2) is 4.98 Å². The Hall–Kier alpha value is -1.86. The Morgan fingerprint density at radius 3 is 2.82 bits per heavy atom. The number of nitrogens with two attached hydrogens (primary N) is 1. The molecule has 0 bridgehead atoms. The Balaban J connectivity index is 2.21. The first-order chi connectivity index (χ1) is 10.5. The van der Waals surface area contributed by atoms with Crippen molar-refractivity contribution in [2.75, 3.05) is 5.32 Å². The largest absolute Gasteiger partial charge is 0.369 e. The van der Waals surface area contributed by atoms with Crippen LogP contribution in [0.4, 0.5) is 5.00 Å². The molecule has 0 spiro atoms. The van der Waals surface area contributed by atoms with Gasteiger partial charge in [0.15, 0.2) is 0 Å². The van der Waals surface area contributed by atoms with Crippen LogP contribution in [0.1, 0.15) is 29.9 Å². The second-order valence-electron chi connectivity index (χ2n) is 4.59. The molecule has 0 saturated heterocycles. The van der Waals surface area contributed by atoms with Crippen LogP contribution < -0.4 is 11.1 Å². The Kier molecular flexibility index (Phi) is 5.57. The van der Waals surface area contributed by atoms with E-state index < -0.39 is 11.2 Å². The molecule has 7 heteroatoms. The van der Waals surface area contributed by atoms with E-state index in [1.54, 1.807) is 24.6 Å². The average molecular weight is 335 g/mol. The highest BCUT2D eigenvalue weighted by Gasteiger charge is 2.18. The van der Waals surface area contributed by atoms with E-state index in [1.807, 2.05) is 19.1 Å². The van der Waals surface area contributed by atoms with Crippen LogP contribution in [0.15, 0.2) is 34.7 Å². The van der Waals surface area contributed by atoms with E-state index in [-0.39, 0.29) is 5.91 Å². The van der Waals surface area contributed by atoms with Crippen molar-refractivity contribution in [2.24, 2.45) is 5.73 Å². The number of hydrogen-bond donors (Lipinski definition) is 2. The lowest BCUT2D eigenvalue weighted by Crippen LogP contribution is -2.23. The van der Waals surface area contributed by atoms with Crippen molar-refractivity contribution < 1.29 is 9.59 Å². The van der Waals surface area contributed by atoms with E-state index >= 15 is 0 Å². The number of rotatable bonds is 6. The summed E-state index contributed by atoms with van der Waals surface area (Å²) in [7, 11) is 0. The number of anilines is 1. The van der Waals surface area contributed by atoms with Crippen LogP contribution in [-0.4, -0.2) is 22.0 Å². The highest BCUT2D eigenvalue weighted by atomic mass is 32.2. The molecule has 1 heterocycles. The van der Waals surface area contributed by atoms with Gasteiger partial charge in [-0.15, -0.1) is 23.1 Å². The van der Waals surface area contributed by atoms with E-state index in [0.29, 0.717) is 5.56 Å². The first-order valence-electron chi connectivity index (χ1n) is 6.81. The molecule has 5 nitrogen and oxygen atoms in total. The topological polar surface area (TPSA) is 85.1 Å². The number of primary amides is 1. The second kappa shape index (κ2) is 7.42. The Bertz CT molecular complexity index is 685. The van der Waals surface area contributed by atoms with Gasteiger partial charge in [0, 0.05) is 4.90 Å². The molecule has 0 unspecified atom stereocenters. The van der Waals surface area contributed by atoms with Crippen LogP contribution >= 0.6 is 23.1 Å². The lowest BCUT2D eigenvalue weighted by atomic mass is 10.2. The first-order valence-corrected chi connectivity index (χ1v) is 8.57. The third-order valence-corrected chi connectivity index (χ3v) is 5.02. The summed E-state index contributed by atoms with van der Waals surface area (Å²) in [5.74, 6) is -0.616. The summed E-state index contributed by atoms with van der Waals surface area (Å²) in [6, 6.07) is 7.17. The SMILES string of the molecule is CCc1ncsc1NC(=O)c1ccccc1S[C@@H](C)C(N)=O. The van der Waals surface area contributed by atoms with Gasteiger partial charge in [-0.05, 0) is 25.5 Å². The summed E-state index contributed by atoms with van der Waals surface area (Å²) in [6.07, 6.45) is 0.758. The minimum absolute atomic E-state index is 0.210. The lowest BCUT2D eigenvalue weighted by Gasteiger charge is -2.12. The van der Waals surface area contributed by atoms with Gasteiger partial charge >= 0.3 is 0 Å². The molecule has 2 aromatic rings. The molecule has 1 aromatic heterocycles. The van der Waals surface area contributed by atoms with E-state index in [0.717, 1.165) is 22.0 Å². The molecule has 3 N–H and O–H groups in total. The number of carbonyl (C=O) groups is 2. The van der Waals surface area contributed by atoms with Crippen molar-refractivity contribution in [3.05, 3.63) is 41.0 Å². The van der Waals surface area contributed by atoms with Crippen molar-refractivity contribution in [2.45, 2.75) is 30.4 Å². The molecule has 116 valence electrons. The van der Waals surface area contributed by atoms with Gasteiger partial charge in [0.2, 0.25) is 5.91 Å². The number of aryl methyl sites for hydroxylation is 1. The number of thioether (sulfide) groups is 1. The smallest absolute Gasteiger partial charge is 0.257 e. The molecular formula is C15H17N3O2S2. The summed E-state index contributed by atoms with van der Waals surface area (Å²) >= 11 is 2.68. The Labute approximate surface area is 137 Å². The highest BCUT2D eigenvalue weighted by molar-refractivity contribution is 8.00. The number of aromatic nitrogens is 1. The number of amides is 2. The summed E-state index contributed by atoms with van der Waals surface area (Å²) in [5, 5.41) is 3.25. The third-order valence-electron chi connectivity index (χ3n) is 3.04. The van der Waals surface area contributed by atoms with Gasteiger partial charge in [-0.3, -0.25) is 9.59 Å². The lowest BCUT2D eigenvalue weighted by molar-refractivity contribution is -0.117. The van der Waals surface area contributed by atoms with Crippen molar-refractivity contribution in [1.29, 1.82) is 0 Å². The number of hydrogen-bond acceptors (Lipinski definition) is 5. The first kappa shape index (κ1) is 16.5. The molecule has 2 amide bonds. The zero-order valence-corrected chi connectivity index (χ0v) is 14.0. The Morgan fingerprint density at radius 1 is 1.41 bits per heavy atom. The molecule has 0 saturated carbocycles. The standard InChI is InChI=1S/C15H17N3O2S2/c1-3-11-15(21-8-17-11)18-14(20)10-6-4-5-7-12(10)22-9(2)13(16)19/h4-9H,3H2,1-2H3,(H2,16,19)(H,18,20)/t9-/m0/s1. The van der Waals surface area contributed by atoms with Gasteiger partial charge in [0.1, 0.15) is 5.00 Å². The predicted molar refractivity (Wildman–Crippen MR) is 90.4 cm³/mol. The number of nitrogens with zero attached hydrogens (tertiary/aromatic N) is 1. The molecule has 1 aromatic carbocycles. The zero-order valence-electron chi connectivity index (χ0n) is 12.3. The van der Waals surface area contributed by atoms with Crippen LogP contribution in [0.25, 0.3) is 0 Å². The van der Waals surface area contributed by atoms with Gasteiger partial charge in [0.05, 0.1) is 22.0 Å². The number of nitrogens with one attached hydrogen (secondary N) is 1. The maximum atomic E-state index is 12.5. The van der Waals surface area contributed by atoms with E-state index in [1.165, 1.54) is 23.1 Å². The van der Waals surface area contributed by atoms with Crippen molar-refractivity contribution >= 4 is 39.9 Å². The van der Waals surface area contributed by atoms with Crippen LogP contribution in [0.3, 0.4) is 0 Å². The highest BCUT2D eigenvalue weighted by Crippen LogP contribution is 2.28. The van der Waals surface area contributed by atoms with Crippen LogP contribution in [0.2, 0.25) is 0 Å². The molecule has 22 heavy (non-hydrogen) atoms. The molecule has 0 aliphatic rings. The van der Waals surface area contributed by atoms with Gasteiger partial charge in [-0.2, -0.15) is 0 Å². The molecule has 1 atom stereocenters. The van der Waals surface area contributed by atoms with Crippen molar-refractivity contribution in [1.82, 2.24) is 4.98 Å². The monoisotopic (exact) mass is 335 g/mol. The molecular weight excluding hydrogens is 318 g/mol. The van der Waals surface area contributed by atoms with E-state index in [4.69, 9.17) is 5.73 Å². The van der Waals surface area contributed by atoms with Crippen LogP contribution in [0.5, 0.6) is 0 Å². The summed E-state index contributed by atoms with van der Waals surface area (Å²) < 4.78 is 0. The van der Waals surface area contributed by atoms with E-state index in [2.05, 4.69) is 10.3 Å². The second-order valence-corrected chi connectivity index (χ2v) is 6.83. The summed E-state index contributed by atoms with van der Waals surface area (Å²) in [5.41, 5.74) is 8.40.